The maximum atomic E-state index is 12.3. The maximum absolute atomic E-state index is 12.3. The fourth-order valence-corrected chi connectivity index (χ4v) is 1.17. The second kappa shape index (κ2) is 5.22. The summed E-state index contributed by atoms with van der Waals surface area (Å²) >= 11 is 0. The van der Waals surface area contributed by atoms with Crippen LogP contribution in [-0.4, -0.2) is 6.54 Å². The summed E-state index contributed by atoms with van der Waals surface area (Å²) in [5.41, 5.74) is 4.88. The zero-order valence-electron chi connectivity index (χ0n) is 7.34. The van der Waals surface area contributed by atoms with Crippen molar-refractivity contribution >= 4 is 12.4 Å². The first kappa shape index (κ1) is 13.3. The molecule has 14 heavy (non-hydrogen) atoms. The summed E-state index contributed by atoms with van der Waals surface area (Å²) in [5, 5.41) is 0. The average molecular weight is 226 g/mol. The van der Waals surface area contributed by atoms with E-state index in [2.05, 4.69) is 0 Å². The molecule has 0 fully saturated rings. The molecule has 0 atom stereocenters. The summed E-state index contributed by atoms with van der Waals surface area (Å²) in [4.78, 5) is 0. The molecule has 2 N–H and O–H groups in total. The number of hydrogen-bond acceptors (Lipinski definition) is 1. The van der Waals surface area contributed by atoms with Gasteiger partial charge in [0.2, 0.25) is 0 Å². The fraction of sp³-hybridized carbons (Fsp3) is 0.333. The Kier molecular flexibility index (Phi) is 4.94. The molecule has 0 aliphatic carbocycles. The summed E-state index contributed by atoms with van der Waals surface area (Å²) in [6.45, 7) is 0.229. The van der Waals surface area contributed by atoms with E-state index >= 15 is 0 Å². The highest BCUT2D eigenvalue weighted by atomic mass is 35.5. The van der Waals surface area contributed by atoms with Gasteiger partial charge < -0.3 is 5.73 Å². The van der Waals surface area contributed by atoms with Gasteiger partial charge in [0.25, 0.3) is 0 Å². The first-order chi connectivity index (χ1) is 6.05. The zero-order valence-corrected chi connectivity index (χ0v) is 8.16. The van der Waals surface area contributed by atoms with Gasteiger partial charge in [-0.2, -0.15) is 13.2 Å². The second-order valence-electron chi connectivity index (χ2n) is 2.69. The van der Waals surface area contributed by atoms with Crippen LogP contribution in [-0.2, 0) is 12.6 Å². The van der Waals surface area contributed by atoms with Gasteiger partial charge in [0, 0.05) is 0 Å². The Morgan fingerprint density at radius 3 is 2.21 bits per heavy atom. The normalized spacial score (nSPS) is 10.9. The quantitative estimate of drug-likeness (QED) is 0.823. The standard InChI is InChI=1S/C9H10F3N.ClH/c10-9(11,12)8-4-2-1-3-7(8)5-6-13;/h1-4H,5-6,13H2;1H. The number of benzene rings is 1. The molecule has 0 aliphatic rings. The van der Waals surface area contributed by atoms with Crippen LogP contribution in [0, 0.1) is 0 Å². The van der Waals surface area contributed by atoms with Crippen LogP contribution < -0.4 is 5.73 Å². The Balaban J connectivity index is 0.00000169. The second-order valence-corrected chi connectivity index (χ2v) is 2.69. The summed E-state index contributed by atoms with van der Waals surface area (Å²) in [6, 6.07) is 5.49. The van der Waals surface area contributed by atoms with Gasteiger partial charge in [0.1, 0.15) is 0 Å². The molecule has 0 saturated heterocycles. The van der Waals surface area contributed by atoms with E-state index in [1.54, 1.807) is 6.07 Å². The number of nitrogens with two attached hydrogens (primary N) is 1. The molecule has 0 bridgehead atoms. The lowest BCUT2D eigenvalue weighted by atomic mass is 10.0. The van der Waals surface area contributed by atoms with Gasteiger partial charge in [-0.05, 0) is 24.6 Å². The van der Waals surface area contributed by atoms with Crippen LogP contribution in [0.5, 0.6) is 0 Å². The van der Waals surface area contributed by atoms with Gasteiger partial charge in [-0.1, -0.05) is 18.2 Å². The first-order valence-electron chi connectivity index (χ1n) is 3.91. The molecule has 1 aromatic rings. The van der Waals surface area contributed by atoms with Crippen molar-refractivity contribution in [2.75, 3.05) is 6.54 Å². The highest BCUT2D eigenvalue weighted by Gasteiger charge is 2.32. The molecule has 0 radical (unpaired) electrons. The molecule has 1 aromatic carbocycles. The van der Waals surface area contributed by atoms with Crippen molar-refractivity contribution in [1.29, 1.82) is 0 Å². The molecular formula is C9H11ClF3N. The van der Waals surface area contributed by atoms with Crippen molar-refractivity contribution in [1.82, 2.24) is 0 Å². The molecular weight excluding hydrogens is 215 g/mol. The van der Waals surface area contributed by atoms with Crippen LogP contribution in [0.2, 0.25) is 0 Å². The third kappa shape index (κ3) is 3.20. The van der Waals surface area contributed by atoms with E-state index < -0.39 is 11.7 Å². The SMILES string of the molecule is Cl.NCCc1ccccc1C(F)(F)F. The lowest BCUT2D eigenvalue weighted by molar-refractivity contribution is -0.138. The number of rotatable bonds is 2. The van der Waals surface area contributed by atoms with E-state index in [0.717, 1.165) is 6.07 Å². The Morgan fingerprint density at radius 2 is 1.71 bits per heavy atom. The predicted octanol–water partition coefficient (Wildman–Crippen LogP) is 2.63. The smallest absolute Gasteiger partial charge is 0.330 e. The minimum atomic E-state index is -4.27. The number of hydrogen-bond donors (Lipinski definition) is 1. The van der Waals surface area contributed by atoms with Crippen LogP contribution in [0.1, 0.15) is 11.1 Å². The summed E-state index contributed by atoms with van der Waals surface area (Å²) in [5.74, 6) is 0. The molecule has 0 spiro atoms. The molecule has 80 valence electrons. The Labute approximate surface area is 86.5 Å². The summed E-state index contributed by atoms with van der Waals surface area (Å²) < 4.78 is 37.0. The monoisotopic (exact) mass is 225 g/mol. The molecule has 0 amide bonds. The lowest BCUT2D eigenvalue weighted by Gasteiger charge is -2.11. The van der Waals surface area contributed by atoms with Crippen LogP contribution in [0.15, 0.2) is 24.3 Å². The largest absolute Gasteiger partial charge is 0.416 e. The predicted molar refractivity (Wildman–Crippen MR) is 51.5 cm³/mol. The Morgan fingerprint density at radius 1 is 1.14 bits per heavy atom. The van der Waals surface area contributed by atoms with Gasteiger partial charge in [-0.15, -0.1) is 12.4 Å². The van der Waals surface area contributed by atoms with Gasteiger partial charge >= 0.3 is 6.18 Å². The molecule has 0 aliphatic heterocycles. The highest BCUT2D eigenvalue weighted by Crippen LogP contribution is 2.31. The van der Waals surface area contributed by atoms with Crippen molar-refractivity contribution in [3.05, 3.63) is 35.4 Å². The minimum absolute atomic E-state index is 0. The third-order valence-corrected chi connectivity index (χ3v) is 1.74. The Hall–Kier alpha value is -0.740. The minimum Gasteiger partial charge on any atom is -0.330 e. The van der Waals surface area contributed by atoms with E-state index in [1.165, 1.54) is 12.1 Å². The molecule has 1 rings (SSSR count). The average Bonchev–Trinajstić information content (AvgIpc) is 2.04. The molecule has 0 unspecified atom stereocenters. The molecule has 0 saturated carbocycles. The van der Waals surface area contributed by atoms with Crippen LogP contribution in [0.4, 0.5) is 13.2 Å². The van der Waals surface area contributed by atoms with E-state index in [9.17, 15) is 13.2 Å². The van der Waals surface area contributed by atoms with E-state index in [-0.39, 0.29) is 30.9 Å². The Bertz CT molecular complexity index is 286. The van der Waals surface area contributed by atoms with Gasteiger partial charge in [0.15, 0.2) is 0 Å². The first-order valence-corrected chi connectivity index (χ1v) is 3.91. The van der Waals surface area contributed by atoms with Crippen molar-refractivity contribution < 1.29 is 13.2 Å². The van der Waals surface area contributed by atoms with E-state index in [1.807, 2.05) is 0 Å². The highest BCUT2D eigenvalue weighted by molar-refractivity contribution is 5.85. The van der Waals surface area contributed by atoms with Crippen molar-refractivity contribution in [2.24, 2.45) is 5.73 Å². The zero-order chi connectivity index (χ0) is 9.90. The third-order valence-electron chi connectivity index (χ3n) is 1.74. The van der Waals surface area contributed by atoms with Crippen LogP contribution in [0.3, 0.4) is 0 Å². The lowest BCUT2D eigenvalue weighted by Crippen LogP contribution is -2.12. The van der Waals surface area contributed by atoms with Crippen molar-refractivity contribution in [3.8, 4) is 0 Å². The molecule has 1 nitrogen and oxygen atoms in total. The van der Waals surface area contributed by atoms with Crippen LogP contribution >= 0.6 is 12.4 Å². The summed E-state index contributed by atoms with van der Waals surface area (Å²) in [7, 11) is 0. The van der Waals surface area contributed by atoms with Crippen molar-refractivity contribution in [3.63, 3.8) is 0 Å². The van der Waals surface area contributed by atoms with E-state index in [4.69, 9.17) is 5.73 Å². The van der Waals surface area contributed by atoms with Gasteiger partial charge in [-0.25, -0.2) is 0 Å². The molecule has 5 heteroatoms. The molecule has 0 aromatic heterocycles. The maximum Gasteiger partial charge on any atom is 0.416 e. The molecule has 0 heterocycles. The topological polar surface area (TPSA) is 26.0 Å². The van der Waals surface area contributed by atoms with Crippen LogP contribution in [0.25, 0.3) is 0 Å². The summed E-state index contributed by atoms with van der Waals surface area (Å²) in [6.07, 6.45) is -4.01. The number of alkyl halides is 3. The number of halogens is 4. The fourth-order valence-electron chi connectivity index (χ4n) is 1.17. The van der Waals surface area contributed by atoms with Gasteiger partial charge in [0.05, 0.1) is 5.56 Å². The van der Waals surface area contributed by atoms with Gasteiger partial charge in [-0.3, -0.25) is 0 Å². The van der Waals surface area contributed by atoms with Crippen molar-refractivity contribution in [2.45, 2.75) is 12.6 Å². The van der Waals surface area contributed by atoms with E-state index in [0.29, 0.717) is 0 Å².